The predicted molar refractivity (Wildman–Crippen MR) is 85.2 cm³/mol. The van der Waals surface area contributed by atoms with Gasteiger partial charge in [0.05, 0.1) is 19.4 Å². The number of amides is 1. The highest BCUT2D eigenvalue weighted by Gasteiger charge is 2.15. The van der Waals surface area contributed by atoms with Gasteiger partial charge in [0.1, 0.15) is 5.76 Å². The van der Waals surface area contributed by atoms with Crippen LogP contribution in [0.3, 0.4) is 0 Å². The summed E-state index contributed by atoms with van der Waals surface area (Å²) in [6.45, 7) is 7.97. The Bertz CT molecular complexity index is 561. The van der Waals surface area contributed by atoms with E-state index in [-0.39, 0.29) is 5.91 Å². The van der Waals surface area contributed by atoms with Crippen molar-refractivity contribution in [1.82, 2.24) is 10.2 Å². The molecule has 0 fully saturated rings. The third-order valence-electron chi connectivity index (χ3n) is 3.27. The van der Waals surface area contributed by atoms with Crippen LogP contribution in [0.5, 0.6) is 0 Å². The lowest BCUT2D eigenvalue weighted by molar-refractivity contribution is -0.123. The second-order valence-corrected chi connectivity index (χ2v) is 6.74. The molecular formula is C16H22N2O2S. The molecule has 0 aliphatic rings. The number of carbonyl (C=O) groups is 1. The van der Waals surface area contributed by atoms with Crippen molar-refractivity contribution in [2.75, 3.05) is 6.54 Å². The molecule has 0 atom stereocenters. The van der Waals surface area contributed by atoms with Gasteiger partial charge in [-0.2, -0.15) is 0 Å². The summed E-state index contributed by atoms with van der Waals surface area (Å²) in [6, 6.07) is 8.25. The van der Waals surface area contributed by atoms with E-state index in [2.05, 4.69) is 43.1 Å². The van der Waals surface area contributed by atoms with Crippen molar-refractivity contribution in [3.8, 4) is 0 Å². The molecule has 1 N–H and O–H groups in total. The molecule has 0 bridgehead atoms. The first-order valence-corrected chi connectivity index (χ1v) is 7.94. The van der Waals surface area contributed by atoms with E-state index in [4.69, 9.17) is 4.42 Å². The number of hydrogen-bond donors (Lipinski definition) is 1. The van der Waals surface area contributed by atoms with Crippen molar-refractivity contribution in [3.63, 3.8) is 0 Å². The van der Waals surface area contributed by atoms with Crippen LogP contribution in [-0.4, -0.2) is 23.4 Å². The van der Waals surface area contributed by atoms with Crippen molar-refractivity contribution < 1.29 is 9.21 Å². The number of hydrogen-bond acceptors (Lipinski definition) is 4. The summed E-state index contributed by atoms with van der Waals surface area (Å²) >= 11 is 1.78. The largest absolute Gasteiger partial charge is 0.467 e. The summed E-state index contributed by atoms with van der Waals surface area (Å²) in [5.41, 5.74) is 0. The van der Waals surface area contributed by atoms with Crippen LogP contribution in [0.2, 0.25) is 0 Å². The van der Waals surface area contributed by atoms with E-state index in [0.717, 1.165) is 12.3 Å². The Labute approximate surface area is 129 Å². The van der Waals surface area contributed by atoms with Gasteiger partial charge in [0.25, 0.3) is 0 Å². The van der Waals surface area contributed by atoms with Crippen molar-refractivity contribution >= 4 is 17.2 Å². The van der Waals surface area contributed by atoms with E-state index in [1.165, 1.54) is 9.75 Å². The second-order valence-electron chi connectivity index (χ2n) is 5.37. The minimum Gasteiger partial charge on any atom is -0.467 e. The molecule has 0 aliphatic carbocycles. The average molecular weight is 306 g/mol. The Morgan fingerprint density at radius 2 is 2.19 bits per heavy atom. The zero-order chi connectivity index (χ0) is 15.2. The highest BCUT2D eigenvalue weighted by atomic mass is 32.1. The Balaban J connectivity index is 1.85. The predicted octanol–water partition coefficient (Wildman–Crippen LogP) is 3.18. The first-order chi connectivity index (χ1) is 10.0. The molecule has 0 unspecified atom stereocenters. The fraction of sp³-hybridized carbons (Fsp3) is 0.438. The molecule has 0 radical (unpaired) electrons. The first-order valence-electron chi connectivity index (χ1n) is 7.13. The molecule has 0 saturated carbocycles. The molecule has 2 aromatic rings. The monoisotopic (exact) mass is 306 g/mol. The number of aryl methyl sites for hydroxylation is 1. The summed E-state index contributed by atoms with van der Waals surface area (Å²) in [7, 11) is 0. The molecule has 0 aliphatic heterocycles. The van der Waals surface area contributed by atoms with Gasteiger partial charge in [-0.25, -0.2) is 0 Å². The Kier molecular flexibility index (Phi) is 5.59. The number of nitrogens with one attached hydrogen (secondary N) is 1. The summed E-state index contributed by atoms with van der Waals surface area (Å²) in [4.78, 5) is 16.8. The van der Waals surface area contributed by atoms with E-state index >= 15 is 0 Å². The topological polar surface area (TPSA) is 45.5 Å². The molecule has 4 nitrogen and oxygen atoms in total. The number of carbonyl (C=O) groups excluding carboxylic acids is 1. The van der Waals surface area contributed by atoms with Crippen LogP contribution in [0.25, 0.3) is 0 Å². The van der Waals surface area contributed by atoms with Crippen LogP contribution < -0.4 is 5.32 Å². The molecule has 0 saturated heterocycles. The Morgan fingerprint density at radius 3 is 2.76 bits per heavy atom. The summed E-state index contributed by atoms with van der Waals surface area (Å²) < 4.78 is 5.21. The molecule has 0 aromatic carbocycles. The minimum absolute atomic E-state index is 0.0216. The number of furan rings is 1. The lowest BCUT2D eigenvalue weighted by Crippen LogP contribution is -2.40. The molecule has 0 spiro atoms. The lowest BCUT2D eigenvalue weighted by atomic mass is 10.3. The van der Waals surface area contributed by atoms with Gasteiger partial charge < -0.3 is 9.73 Å². The van der Waals surface area contributed by atoms with Crippen molar-refractivity contribution in [3.05, 3.63) is 46.0 Å². The summed E-state index contributed by atoms with van der Waals surface area (Å²) in [5, 5.41) is 2.89. The average Bonchev–Trinajstić information content (AvgIpc) is 3.07. The van der Waals surface area contributed by atoms with E-state index in [9.17, 15) is 4.79 Å². The fourth-order valence-electron chi connectivity index (χ4n) is 2.03. The Hall–Kier alpha value is -1.59. The lowest BCUT2D eigenvalue weighted by Gasteiger charge is -2.25. The second kappa shape index (κ2) is 7.43. The third kappa shape index (κ3) is 5.02. The van der Waals surface area contributed by atoms with Crippen LogP contribution in [0.1, 0.15) is 29.4 Å². The van der Waals surface area contributed by atoms with Gasteiger partial charge in [-0.3, -0.25) is 9.69 Å². The molecular weight excluding hydrogens is 284 g/mol. The van der Waals surface area contributed by atoms with Gasteiger partial charge in [0.2, 0.25) is 5.91 Å². The maximum atomic E-state index is 12.1. The molecule has 21 heavy (non-hydrogen) atoms. The van der Waals surface area contributed by atoms with E-state index in [1.54, 1.807) is 17.6 Å². The standard InChI is InChI=1S/C16H22N2O2S/c1-12(2)18(10-15-7-6-13(3)21-15)11-16(19)17-9-14-5-4-8-20-14/h4-8,12H,9-11H2,1-3H3,(H,17,19). The third-order valence-corrected chi connectivity index (χ3v) is 4.26. The number of thiophene rings is 1. The minimum atomic E-state index is 0.0216. The van der Waals surface area contributed by atoms with Gasteiger partial charge >= 0.3 is 0 Å². The van der Waals surface area contributed by atoms with Crippen molar-refractivity contribution in [2.45, 2.75) is 39.9 Å². The smallest absolute Gasteiger partial charge is 0.234 e. The van der Waals surface area contributed by atoms with Gasteiger partial charge in [-0.15, -0.1) is 11.3 Å². The summed E-state index contributed by atoms with van der Waals surface area (Å²) in [5.74, 6) is 0.793. The van der Waals surface area contributed by atoms with Gasteiger partial charge in [0.15, 0.2) is 0 Å². The van der Waals surface area contributed by atoms with Crippen LogP contribution >= 0.6 is 11.3 Å². The molecule has 2 aromatic heterocycles. The quantitative estimate of drug-likeness (QED) is 0.854. The summed E-state index contributed by atoms with van der Waals surface area (Å²) in [6.07, 6.45) is 1.61. The fourth-order valence-corrected chi connectivity index (χ4v) is 2.95. The number of nitrogens with zero attached hydrogens (tertiary/aromatic N) is 1. The van der Waals surface area contributed by atoms with E-state index in [0.29, 0.717) is 19.1 Å². The molecule has 5 heteroatoms. The van der Waals surface area contributed by atoms with E-state index in [1.807, 2.05) is 12.1 Å². The maximum Gasteiger partial charge on any atom is 0.234 e. The molecule has 2 heterocycles. The van der Waals surface area contributed by atoms with Gasteiger partial charge in [-0.1, -0.05) is 0 Å². The SMILES string of the molecule is Cc1ccc(CN(CC(=O)NCc2ccco2)C(C)C)s1. The van der Waals surface area contributed by atoms with Crippen LogP contribution in [-0.2, 0) is 17.9 Å². The molecule has 1 amide bonds. The first kappa shape index (κ1) is 15.8. The molecule has 2 rings (SSSR count). The maximum absolute atomic E-state index is 12.1. The highest BCUT2D eigenvalue weighted by molar-refractivity contribution is 7.11. The van der Waals surface area contributed by atoms with Gasteiger partial charge in [-0.05, 0) is 45.0 Å². The Morgan fingerprint density at radius 1 is 1.38 bits per heavy atom. The number of rotatable bonds is 7. The van der Waals surface area contributed by atoms with Crippen LogP contribution in [0.4, 0.5) is 0 Å². The van der Waals surface area contributed by atoms with Crippen molar-refractivity contribution in [1.29, 1.82) is 0 Å². The normalized spacial score (nSPS) is 11.3. The molecule has 114 valence electrons. The van der Waals surface area contributed by atoms with Crippen molar-refractivity contribution in [2.24, 2.45) is 0 Å². The van der Waals surface area contributed by atoms with E-state index < -0.39 is 0 Å². The highest BCUT2D eigenvalue weighted by Crippen LogP contribution is 2.18. The zero-order valence-corrected chi connectivity index (χ0v) is 13.6. The van der Waals surface area contributed by atoms with Gasteiger partial charge in [0, 0.05) is 22.3 Å². The zero-order valence-electron chi connectivity index (χ0n) is 12.8. The van der Waals surface area contributed by atoms with Crippen LogP contribution in [0, 0.1) is 6.92 Å². The van der Waals surface area contributed by atoms with Crippen LogP contribution in [0.15, 0.2) is 34.9 Å².